The van der Waals surface area contributed by atoms with Crippen molar-refractivity contribution in [3.05, 3.63) is 67.6 Å². The van der Waals surface area contributed by atoms with E-state index in [4.69, 9.17) is 0 Å². The number of benzene rings is 2. The Bertz CT molecular complexity index is 704. The van der Waals surface area contributed by atoms with Gasteiger partial charge in [0.15, 0.2) is 0 Å². The molecule has 0 atom stereocenters. The summed E-state index contributed by atoms with van der Waals surface area (Å²) in [5.74, 6) is -0.707. The first-order valence-electron chi connectivity index (χ1n) is 6.51. The molecular formula is C16H14Br2N2O2. The molecule has 0 saturated carbocycles. The van der Waals surface area contributed by atoms with Crippen LogP contribution in [0.15, 0.2) is 45.3 Å². The first-order chi connectivity index (χ1) is 10.4. The molecule has 4 nitrogen and oxygen atoms in total. The van der Waals surface area contributed by atoms with Crippen molar-refractivity contribution < 1.29 is 9.59 Å². The summed E-state index contributed by atoms with van der Waals surface area (Å²) in [5.41, 5.74) is 7.56. The van der Waals surface area contributed by atoms with Crippen LogP contribution in [-0.2, 0) is 0 Å². The van der Waals surface area contributed by atoms with Gasteiger partial charge in [-0.05, 0) is 61.4 Å². The maximum absolute atomic E-state index is 12.2. The second-order valence-electron chi connectivity index (χ2n) is 4.83. The summed E-state index contributed by atoms with van der Waals surface area (Å²) in [7, 11) is 0. The van der Waals surface area contributed by atoms with Crippen LogP contribution in [0.5, 0.6) is 0 Å². The highest BCUT2D eigenvalue weighted by Crippen LogP contribution is 2.20. The standard InChI is InChI=1S/C16H14Br2N2O2/c1-9-7-13(18)8-10(2)14(9)16(22)20-19-15(21)11-3-5-12(17)6-4-11/h3-8H,1-2H3,(H,19,21)(H,20,22). The number of rotatable bonds is 2. The van der Waals surface area contributed by atoms with Crippen LogP contribution >= 0.6 is 31.9 Å². The molecule has 0 spiro atoms. The second-order valence-corrected chi connectivity index (χ2v) is 6.66. The van der Waals surface area contributed by atoms with Gasteiger partial charge in [0.05, 0.1) is 0 Å². The maximum Gasteiger partial charge on any atom is 0.270 e. The van der Waals surface area contributed by atoms with Crippen molar-refractivity contribution in [2.45, 2.75) is 13.8 Å². The van der Waals surface area contributed by atoms with E-state index in [0.717, 1.165) is 20.1 Å². The van der Waals surface area contributed by atoms with Gasteiger partial charge < -0.3 is 0 Å². The number of halogens is 2. The lowest BCUT2D eigenvalue weighted by molar-refractivity contribution is 0.0846. The van der Waals surface area contributed by atoms with Crippen LogP contribution in [0.4, 0.5) is 0 Å². The minimum absolute atomic E-state index is 0.340. The van der Waals surface area contributed by atoms with Gasteiger partial charge in [0.1, 0.15) is 0 Å². The fourth-order valence-corrected chi connectivity index (χ4v) is 3.07. The van der Waals surface area contributed by atoms with Gasteiger partial charge in [-0.15, -0.1) is 0 Å². The average Bonchev–Trinajstić information content (AvgIpc) is 2.44. The number of amides is 2. The molecule has 114 valence electrons. The Morgan fingerprint density at radius 1 is 0.818 bits per heavy atom. The van der Waals surface area contributed by atoms with Crippen LogP contribution in [0, 0.1) is 13.8 Å². The third-order valence-electron chi connectivity index (χ3n) is 3.12. The van der Waals surface area contributed by atoms with Gasteiger partial charge >= 0.3 is 0 Å². The molecule has 0 saturated heterocycles. The van der Waals surface area contributed by atoms with Gasteiger partial charge in [0.25, 0.3) is 11.8 Å². The van der Waals surface area contributed by atoms with E-state index in [0.29, 0.717) is 11.1 Å². The molecule has 0 aliphatic rings. The molecular weight excluding hydrogens is 412 g/mol. The van der Waals surface area contributed by atoms with Gasteiger partial charge in [-0.3, -0.25) is 20.4 Å². The number of carbonyl (C=O) groups is 2. The van der Waals surface area contributed by atoms with E-state index in [1.54, 1.807) is 24.3 Å². The molecule has 2 N–H and O–H groups in total. The summed E-state index contributed by atoms with van der Waals surface area (Å²) in [5, 5.41) is 0. The number of hydrazine groups is 1. The topological polar surface area (TPSA) is 58.2 Å². The van der Waals surface area contributed by atoms with Gasteiger partial charge in [-0.1, -0.05) is 31.9 Å². The smallest absolute Gasteiger partial charge is 0.267 e. The Morgan fingerprint density at radius 2 is 1.32 bits per heavy atom. The Balaban J connectivity index is 2.07. The van der Waals surface area contributed by atoms with Crippen LogP contribution in [0.2, 0.25) is 0 Å². The van der Waals surface area contributed by atoms with Gasteiger partial charge in [-0.2, -0.15) is 0 Å². The lowest BCUT2D eigenvalue weighted by Gasteiger charge is -2.12. The molecule has 2 rings (SSSR count). The van der Waals surface area contributed by atoms with Gasteiger partial charge in [-0.25, -0.2) is 0 Å². The average molecular weight is 426 g/mol. The summed E-state index contributed by atoms with van der Waals surface area (Å²) >= 11 is 6.69. The zero-order valence-electron chi connectivity index (χ0n) is 12.0. The molecule has 0 heterocycles. The maximum atomic E-state index is 12.2. The van der Waals surface area contributed by atoms with Crippen LogP contribution < -0.4 is 10.9 Å². The highest BCUT2D eigenvalue weighted by molar-refractivity contribution is 9.10. The van der Waals surface area contributed by atoms with Crippen molar-refractivity contribution in [2.24, 2.45) is 0 Å². The summed E-state index contributed by atoms with van der Waals surface area (Å²) in [6.07, 6.45) is 0. The van der Waals surface area contributed by atoms with E-state index in [1.165, 1.54) is 0 Å². The molecule has 2 aromatic carbocycles. The van der Waals surface area contributed by atoms with E-state index in [-0.39, 0.29) is 11.8 Å². The molecule has 6 heteroatoms. The molecule has 0 aliphatic carbocycles. The highest BCUT2D eigenvalue weighted by Gasteiger charge is 2.14. The van der Waals surface area contributed by atoms with Crippen LogP contribution in [0.1, 0.15) is 31.8 Å². The van der Waals surface area contributed by atoms with Crippen molar-refractivity contribution in [1.82, 2.24) is 10.9 Å². The van der Waals surface area contributed by atoms with E-state index in [2.05, 4.69) is 42.7 Å². The first kappa shape index (κ1) is 16.7. The summed E-state index contributed by atoms with van der Waals surface area (Å²) in [4.78, 5) is 24.2. The highest BCUT2D eigenvalue weighted by atomic mass is 79.9. The first-order valence-corrected chi connectivity index (χ1v) is 8.10. The Labute approximate surface area is 145 Å². The Morgan fingerprint density at radius 3 is 1.86 bits per heavy atom. The number of nitrogens with one attached hydrogen (secondary N) is 2. The molecule has 0 aromatic heterocycles. The molecule has 22 heavy (non-hydrogen) atoms. The summed E-state index contributed by atoms with van der Waals surface area (Å²) in [6, 6.07) is 10.6. The van der Waals surface area contributed by atoms with Crippen LogP contribution in [0.25, 0.3) is 0 Å². The van der Waals surface area contributed by atoms with Gasteiger partial charge in [0.2, 0.25) is 0 Å². The molecule has 0 bridgehead atoms. The zero-order valence-corrected chi connectivity index (χ0v) is 15.2. The van der Waals surface area contributed by atoms with E-state index < -0.39 is 0 Å². The molecule has 2 aromatic rings. The fraction of sp³-hybridized carbons (Fsp3) is 0.125. The molecule has 2 amide bonds. The second kappa shape index (κ2) is 7.07. The SMILES string of the molecule is Cc1cc(Br)cc(C)c1C(=O)NNC(=O)c1ccc(Br)cc1. The van der Waals surface area contributed by atoms with E-state index in [9.17, 15) is 9.59 Å². The minimum atomic E-state index is -0.367. The molecule has 0 radical (unpaired) electrons. The minimum Gasteiger partial charge on any atom is -0.267 e. The Hall–Kier alpha value is -1.66. The predicted octanol–water partition coefficient (Wildman–Crippen LogP) is 3.90. The Kier molecular flexibility index (Phi) is 5.37. The van der Waals surface area contributed by atoms with E-state index in [1.807, 2.05) is 26.0 Å². The number of hydrogen-bond acceptors (Lipinski definition) is 2. The van der Waals surface area contributed by atoms with Crippen LogP contribution in [-0.4, -0.2) is 11.8 Å². The number of aryl methyl sites for hydroxylation is 2. The van der Waals surface area contributed by atoms with Crippen molar-refractivity contribution in [1.29, 1.82) is 0 Å². The van der Waals surface area contributed by atoms with Crippen molar-refractivity contribution in [2.75, 3.05) is 0 Å². The normalized spacial score (nSPS) is 10.2. The largest absolute Gasteiger partial charge is 0.270 e. The zero-order chi connectivity index (χ0) is 16.3. The molecule has 0 fully saturated rings. The monoisotopic (exact) mass is 424 g/mol. The quantitative estimate of drug-likeness (QED) is 0.716. The van der Waals surface area contributed by atoms with Crippen molar-refractivity contribution in [3.63, 3.8) is 0 Å². The number of carbonyl (C=O) groups excluding carboxylic acids is 2. The predicted molar refractivity (Wildman–Crippen MR) is 92.7 cm³/mol. The number of hydrogen-bond donors (Lipinski definition) is 2. The third-order valence-corrected chi connectivity index (χ3v) is 4.11. The summed E-state index contributed by atoms with van der Waals surface area (Å²) < 4.78 is 1.80. The summed E-state index contributed by atoms with van der Waals surface area (Å²) in [6.45, 7) is 3.70. The van der Waals surface area contributed by atoms with Crippen molar-refractivity contribution in [3.8, 4) is 0 Å². The molecule has 0 aliphatic heterocycles. The lowest BCUT2D eigenvalue weighted by Crippen LogP contribution is -2.42. The lowest BCUT2D eigenvalue weighted by atomic mass is 10.0. The van der Waals surface area contributed by atoms with E-state index >= 15 is 0 Å². The van der Waals surface area contributed by atoms with Crippen LogP contribution in [0.3, 0.4) is 0 Å². The fourth-order valence-electron chi connectivity index (χ4n) is 2.12. The molecule has 0 unspecified atom stereocenters. The van der Waals surface area contributed by atoms with Crippen molar-refractivity contribution >= 4 is 43.7 Å². The van der Waals surface area contributed by atoms with Gasteiger partial charge in [0, 0.05) is 20.1 Å². The third kappa shape index (κ3) is 3.96.